The summed E-state index contributed by atoms with van der Waals surface area (Å²) in [5.74, 6) is 2.77. The highest BCUT2D eigenvalue weighted by Gasteiger charge is 2.30. The summed E-state index contributed by atoms with van der Waals surface area (Å²) in [4.78, 5) is 0. The van der Waals surface area contributed by atoms with Gasteiger partial charge in [-0.3, -0.25) is 0 Å². The second kappa shape index (κ2) is 8.57. The van der Waals surface area contributed by atoms with Crippen LogP contribution in [0.5, 0.6) is 11.5 Å². The minimum absolute atomic E-state index is 0.261. The Labute approximate surface area is 134 Å². The number of benzene rings is 1. The number of ether oxygens (including phenoxy) is 2. The molecule has 0 spiro atoms. The third-order valence-electron chi connectivity index (χ3n) is 4.34. The summed E-state index contributed by atoms with van der Waals surface area (Å²) in [6, 6.07) is 8.00. The molecule has 118 valence electrons. The zero-order valence-electron chi connectivity index (χ0n) is 13.1. The number of hydrogen-bond donors (Lipinski definition) is 1. The predicted octanol–water partition coefficient (Wildman–Crippen LogP) is 5.12. The van der Waals surface area contributed by atoms with Gasteiger partial charge in [-0.15, -0.1) is 0 Å². The molecule has 1 aliphatic rings. The lowest BCUT2D eigenvalue weighted by Gasteiger charge is -2.30. The topological polar surface area (TPSA) is 18.5 Å². The van der Waals surface area contributed by atoms with E-state index in [2.05, 4.69) is 19.6 Å². The molecular weight excluding hydrogens is 280 g/mol. The first-order valence-electron chi connectivity index (χ1n) is 8.24. The molecule has 0 aliphatic heterocycles. The maximum Gasteiger partial charge on any atom is 0.119 e. The van der Waals surface area contributed by atoms with Gasteiger partial charge in [-0.1, -0.05) is 32.6 Å². The summed E-state index contributed by atoms with van der Waals surface area (Å²) < 4.78 is 11.6. The fraction of sp³-hybridized carbons (Fsp3) is 0.667. The monoisotopic (exact) mass is 308 g/mol. The van der Waals surface area contributed by atoms with Crippen molar-refractivity contribution >= 4 is 12.6 Å². The highest BCUT2D eigenvalue weighted by atomic mass is 32.1. The molecule has 0 bridgehead atoms. The van der Waals surface area contributed by atoms with Crippen molar-refractivity contribution in [3.63, 3.8) is 0 Å². The van der Waals surface area contributed by atoms with Gasteiger partial charge in [-0.25, -0.2) is 0 Å². The Bertz CT molecular complexity index is 394. The Hall–Kier alpha value is -0.830. The van der Waals surface area contributed by atoms with E-state index in [0.29, 0.717) is 0 Å². The lowest BCUT2D eigenvalue weighted by atomic mass is 9.83. The molecule has 1 aromatic carbocycles. The van der Waals surface area contributed by atoms with Crippen molar-refractivity contribution in [1.29, 1.82) is 0 Å². The Morgan fingerprint density at radius 2 is 1.52 bits per heavy atom. The van der Waals surface area contributed by atoms with Gasteiger partial charge in [0.25, 0.3) is 0 Å². The maximum absolute atomic E-state index is 6.05. The Morgan fingerprint density at radius 3 is 2.05 bits per heavy atom. The second-order valence-corrected chi connectivity index (χ2v) is 6.50. The summed E-state index contributed by atoms with van der Waals surface area (Å²) in [5, 5.41) is 0. The highest BCUT2D eigenvalue weighted by Crippen LogP contribution is 2.36. The molecule has 0 unspecified atom stereocenters. The maximum atomic E-state index is 6.05. The molecule has 0 amide bonds. The van der Waals surface area contributed by atoms with Gasteiger partial charge in [0, 0.05) is 5.41 Å². The lowest BCUT2D eigenvalue weighted by molar-refractivity contribution is 0.148. The van der Waals surface area contributed by atoms with E-state index >= 15 is 0 Å². The molecule has 21 heavy (non-hydrogen) atoms. The zero-order valence-corrected chi connectivity index (χ0v) is 14.0. The largest absolute Gasteiger partial charge is 0.494 e. The van der Waals surface area contributed by atoms with E-state index in [4.69, 9.17) is 9.47 Å². The van der Waals surface area contributed by atoms with Crippen LogP contribution >= 0.6 is 12.6 Å². The van der Waals surface area contributed by atoms with Gasteiger partial charge < -0.3 is 9.47 Å². The molecule has 2 nitrogen and oxygen atoms in total. The van der Waals surface area contributed by atoms with Crippen LogP contribution in [-0.4, -0.2) is 19.0 Å². The molecule has 1 aromatic rings. The highest BCUT2D eigenvalue weighted by molar-refractivity contribution is 7.80. The van der Waals surface area contributed by atoms with E-state index in [1.54, 1.807) is 0 Å². The molecule has 0 heterocycles. The summed E-state index contributed by atoms with van der Waals surface area (Å²) in [5.41, 5.74) is 0.261. The second-order valence-electron chi connectivity index (χ2n) is 6.18. The fourth-order valence-electron chi connectivity index (χ4n) is 2.92. The van der Waals surface area contributed by atoms with Gasteiger partial charge in [0.1, 0.15) is 11.5 Å². The van der Waals surface area contributed by atoms with Crippen molar-refractivity contribution in [2.75, 3.05) is 19.0 Å². The first kappa shape index (κ1) is 16.5. The normalized spacial score (nSPS) is 18.0. The number of hydrogen-bond acceptors (Lipinski definition) is 3. The van der Waals surface area contributed by atoms with Gasteiger partial charge >= 0.3 is 0 Å². The van der Waals surface area contributed by atoms with Crippen LogP contribution in [0.25, 0.3) is 0 Å². The average Bonchev–Trinajstić information content (AvgIpc) is 2.78. The molecule has 0 N–H and O–H groups in total. The van der Waals surface area contributed by atoms with Crippen molar-refractivity contribution < 1.29 is 9.47 Å². The fourth-order valence-corrected chi connectivity index (χ4v) is 3.32. The number of rotatable bonds is 7. The third kappa shape index (κ3) is 5.14. The van der Waals surface area contributed by atoms with E-state index in [1.807, 2.05) is 24.3 Å². The first-order chi connectivity index (χ1) is 10.3. The van der Waals surface area contributed by atoms with Crippen LogP contribution in [0.2, 0.25) is 0 Å². The molecule has 1 aliphatic carbocycles. The minimum Gasteiger partial charge on any atom is -0.494 e. The molecule has 0 radical (unpaired) electrons. The van der Waals surface area contributed by atoms with Crippen LogP contribution < -0.4 is 9.47 Å². The Morgan fingerprint density at radius 1 is 0.952 bits per heavy atom. The van der Waals surface area contributed by atoms with E-state index in [9.17, 15) is 0 Å². The molecule has 0 atom stereocenters. The first-order valence-corrected chi connectivity index (χ1v) is 8.88. The van der Waals surface area contributed by atoms with E-state index < -0.39 is 0 Å². The summed E-state index contributed by atoms with van der Waals surface area (Å²) in [6.07, 6.45) is 8.87. The van der Waals surface area contributed by atoms with Crippen LogP contribution in [0.1, 0.15) is 51.9 Å². The lowest BCUT2D eigenvalue weighted by Crippen LogP contribution is -2.30. The zero-order chi connectivity index (χ0) is 15.0. The molecule has 2 rings (SSSR count). The molecule has 0 saturated heterocycles. The van der Waals surface area contributed by atoms with Crippen LogP contribution in [0.4, 0.5) is 0 Å². The Kier molecular flexibility index (Phi) is 6.75. The Balaban J connectivity index is 1.88. The van der Waals surface area contributed by atoms with E-state index in [-0.39, 0.29) is 5.41 Å². The quantitative estimate of drug-likeness (QED) is 0.556. The van der Waals surface area contributed by atoms with Crippen LogP contribution in [0.3, 0.4) is 0 Å². The SMILES string of the molecule is CCCOc1ccc(OCC2(CS)CCCCCC2)cc1. The van der Waals surface area contributed by atoms with Crippen LogP contribution in [0, 0.1) is 5.41 Å². The smallest absolute Gasteiger partial charge is 0.119 e. The van der Waals surface area contributed by atoms with Crippen molar-refractivity contribution in [3.8, 4) is 11.5 Å². The molecule has 1 saturated carbocycles. The van der Waals surface area contributed by atoms with Crippen molar-refractivity contribution in [2.45, 2.75) is 51.9 Å². The van der Waals surface area contributed by atoms with Crippen molar-refractivity contribution in [2.24, 2.45) is 5.41 Å². The summed E-state index contributed by atoms with van der Waals surface area (Å²) in [6.45, 7) is 3.66. The van der Waals surface area contributed by atoms with E-state index in [0.717, 1.165) is 36.9 Å². The third-order valence-corrected chi connectivity index (χ3v) is 5.01. The number of thiol groups is 1. The predicted molar refractivity (Wildman–Crippen MR) is 91.7 cm³/mol. The molecule has 1 fully saturated rings. The van der Waals surface area contributed by atoms with Crippen LogP contribution in [-0.2, 0) is 0 Å². The van der Waals surface area contributed by atoms with Crippen LogP contribution in [0.15, 0.2) is 24.3 Å². The summed E-state index contributed by atoms with van der Waals surface area (Å²) in [7, 11) is 0. The minimum atomic E-state index is 0.261. The molecule has 0 aromatic heterocycles. The van der Waals surface area contributed by atoms with Gasteiger partial charge in [-0.05, 0) is 49.3 Å². The van der Waals surface area contributed by atoms with Gasteiger partial charge in [0.15, 0.2) is 0 Å². The van der Waals surface area contributed by atoms with E-state index in [1.165, 1.54) is 38.5 Å². The van der Waals surface area contributed by atoms with Gasteiger partial charge in [0.05, 0.1) is 13.2 Å². The van der Waals surface area contributed by atoms with Crippen molar-refractivity contribution in [3.05, 3.63) is 24.3 Å². The van der Waals surface area contributed by atoms with Gasteiger partial charge in [0.2, 0.25) is 0 Å². The summed E-state index contributed by atoms with van der Waals surface area (Å²) >= 11 is 4.60. The standard InChI is InChI=1S/C18H28O2S/c1-2-13-19-16-7-9-17(10-8-16)20-14-18(15-21)11-5-3-4-6-12-18/h7-10,21H,2-6,11-15H2,1H3. The van der Waals surface area contributed by atoms with Gasteiger partial charge in [-0.2, -0.15) is 12.6 Å². The molecule has 3 heteroatoms. The van der Waals surface area contributed by atoms with Crippen molar-refractivity contribution in [1.82, 2.24) is 0 Å². The molecular formula is C18H28O2S. The average molecular weight is 308 g/mol.